The van der Waals surface area contributed by atoms with Crippen molar-refractivity contribution < 1.29 is 19.1 Å². The summed E-state index contributed by atoms with van der Waals surface area (Å²) in [6, 6.07) is 11.3. The van der Waals surface area contributed by atoms with Crippen LogP contribution in [0.25, 0.3) is 10.6 Å². The summed E-state index contributed by atoms with van der Waals surface area (Å²) in [6.45, 7) is 4.05. The van der Waals surface area contributed by atoms with Gasteiger partial charge in [-0.15, -0.1) is 10.2 Å². The molecule has 8 nitrogen and oxygen atoms in total. The highest BCUT2D eigenvalue weighted by molar-refractivity contribution is 7.18. The van der Waals surface area contributed by atoms with Gasteiger partial charge in [0, 0.05) is 16.1 Å². The average molecular weight is 473 g/mol. The molecular formula is C22H21ClN4O4S. The average Bonchev–Trinajstić information content (AvgIpc) is 3.45. The minimum Gasteiger partial charge on any atom is -0.454 e. The van der Waals surface area contributed by atoms with Crippen LogP contribution >= 0.6 is 22.9 Å². The second-order valence-electron chi connectivity index (χ2n) is 7.32. The van der Waals surface area contributed by atoms with E-state index in [0.29, 0.717) is 38.6 Å². The van der Waals surface area contributed by atoms with Gasteiger partial charge in [-0.3, -0.25) is 14.9 Å². The third kappa shape index (κ3) is 4.84. The van der Waals surface area contributed by atoms with E-state index in [9.17, 15) is 9.59 Å². The number of benzene rings is 2. The van der Waals surface area contributed by atoms with Crippen molar-refractivity contribution in [2.45, 2.75) is 26.3 Å². The lowest BCUT2D eigenvalue weighted by molar-refractivity contribution is -0.119. The van der Waals surface area contributed by atoms with Crippen molar-refractivity contribution in [3.8, 4) is 22.1 Å². The summed E-state index contributed by atoms with van der Waals surface area (Å²) < 4.78 is 10.7. The fourth-order valence-electron chi connectivity index (χ4n) is 3.16. The number of fused-ring (bicyclic) bond motifs is 1. The molecule has 166 valence electrons. The number of aromatic nitrogens is 2. The summed E-state index contributed by atoms with van der Waals surface area (Å²) in [4.78, 5) is 25.7. The summed E-state index contributed by atoms with van der Waals surface area (Å²) in [5, 5.41) is 15.2. The maximum Gasteiger partial charge on any atom is 0.251 e. The Hall–Kier alpha value is -3.17. The Bertz CT molecular complexity index is 1150. The van der Waals surface area contributed by atoms with Crippen LogP contribution in [0.4, 0.5) is 5.13 Å². The number of hydrogen-bond acceptors (Lipinski definition) is 7. The summed E-state index contributed by atoms with van der Waals surface area (Å²) in [7, 11) is 0. The van der Waals surface area contributed by atoms with Crippen molar-refractivity contribution in [3.05, 3.63) is 53.1 Å². The highest BCUT2D eigenvalue weighted by atomic mass is 35.5. The van der Waals surface area contributed by atoms with Gasteiger partial charge in [0.25, 0.3) is 5.91 Å². The smallest absolute Gasteiger partial charge is 0.251 e. The fraction of sp³-hybridized carbons (Fsp3) is 0.273. The molecule has 1 aromatic heterocycles. The standard InChI is InChI=1S/C22H21ClN4O4S/c1-3-12(2)18(24-19(28)13-5-4-6-15(23)9-13)20(29)25-22-27-26-21(32-22)14-7-8-16-17(10-14)31-11-30-16/h4-10,12,18H,3,11H2,1-2H3,(H,24,28)(H,25,27,29). The second-order valence-corrected chi connectivity index (χ2v) is 8.73. The topological polar surface area (TPSA) is 102 Å². The Kier molecular flexibility index (Phi) is 6.57. The number of anilines is 1. The highest BCUT2D eigenvalue weighted by Crippen LogP contribution is 2.37. The molecule has 0 spiro atoms. The molecule has 2 unspecified atom stereocenters. The number of carbonyl (C=O) groups excluding carboxylic acids is 2. The molecule has 3 aromatic rings. The predicted octanol–water partition coefficient (Wildman–Crippen LogP) is 4.37. The molecule has 1 aliphatic rings. The van der Waals surface area contributed by atoms with Crippen LogP contribution in [-0.2, 0) is 4.79 Å². The molecule has 2 amide bonds. The molecule has 2 heterocycles. The zero-order valence-electron chi connectivity index (χ0n) is 17.4. The zero-order valence-corrected chi connectivity index (χ0v) is 19.0. The van der Waals surface area contributed by atoms with Crippen molar-refractivity contribution in [2.24, 2.45) is 5.92 Å². The monoisotopic (exact) mass is 472 g/mol. The van der Waals surface area contributed by atoms with Gasteiger partial charge in [-0.25, -0.2) is 0 Å². The van der Waals surface area contributed by atoms with Crippen LogP contribution in [0.1, 0.15) is 30.6 Å². The Morgan fingerprint density at radius 2 is 1.97 bits per heavy atom. The molecule has 2 aromatic carbocycles. The van der Waals surface area contributed by atoms with Crippen LogP contribution < -0.4 is 20.1 Å². The first kappa shape index (κ1) is 22.0. The normalized spacial score (nSPS) is 14.0. The number of ether oxygens (including phenoxy) is 2. The fourth-order valence-corrected chi connectivity index (χ4v) is 4.09. The quantitative estimate of drug-likeness (QED) is 0.529. The Balaban J connectivity index is 1.47. The number of nitrogens with zero attached hydrogens (tertiary/aromatic N) is 2. The molecule has 0 saturated heterocycles. The third-order valence-electron chi connectivity index (χ3n) is 5.14. The zero-order chi connectivity index (χ0) is 22.7. The van der Waals surface area contributed by atoms with Crippen molar-refractivity contribution in [1.82, 2.24) is 15.5 Å². The van der Waals surface area contributed by atoms with E-state index in [1.807, 2.05) is 32.0 Å². The molecule has 0 fully saturated rings. The molecule has 32 heavy (non-hydrogen) atoms. The van der Waals surface area contributed by atoms with E-state index in [4.69, 9.17) is 21.1 Å². The van der Waals surface area contributed by atoms with E-state index in [0.717, 1.165) is 5.56 Å². The molecular weight excluding hydrogens is 452 g/mol. The SMILES string of the molecule is CCC(C)C(NC(=O)c1cccc(Cl)c1)C(=O)Nc1nnc(-c2ccc3c(c2)OCO3)s1. The van der Waals surface area contributed by atoms with E-state index in [2.05, 4.69) is 20.8 Å². The number of carbonyl (C=O) groups is 2. The van der Waals surface area contributed by atoms with E-state index < -0.39 is 6.04 Å². The first-order valence-corrected chi connectivity index (χ1v) is 11.2. The van der Waals surface area contributed by atoms with Crippen LogP contribution in [0.2, 0.25) is 5.02 Å². The number of nitrogens with one attached hydrogen (secondary N) is 2. The summed E-state index contributed by atoms with van der Waals surface area (Å²) in [6.07, 6.45) is 0.701. The minimum absolute atomic E-state index is 0.0978. The minimum atomic E-state index is -0.746. The van der Waals surface area contributed by atoms with Crippen LogP contribution in [0, 0.1) is 5.92 Å². The third-order valence-corrected chi connectivity index (χ3v) is 6.27. The molecule has 2 atom stereocenters. The Labute approximate surface area is 193 Å². The Morgan fingerprint density at radius 3 is 2.75 bits per heavy atom. The second kappa shape index (κ2) is 9.54. The lowest BCUT2D eigenvalue weighted by Crippen LogP contribution is -2.47. The lowest BCUT2D eigenvalue weighted by Gasteiger charge is -2.23. The maximum atomic E-state index is 13.0. The largest absolute Gasteiger partial charge is 0.454 e. The van der Waals surface area contributed by atoms with Crippen molar-refractivity contribution in [2.75, 3.05) is 12.1 Å². The van der Waals surface area contributed by atoms with E-state index >= 15 is 0 Å². The summed E-state index contributed by atoms with van der Waals surface area (Å²) >= 11 is 7.21. The number of rotatable bonds is 7. The molecule has 10 heteroatoms. The van der Waals surface area contributed by atoms with Crippen LogP contribution in [0.3, 0.4) is 0 Å². The molecule has 0 aliphatic carbocycles. The Morgan fingerprint density at radius 1 is 1.16 bits per heavy atom. The van der Waals surface area contributed by atoms with Gasteiger partial charge in [0.1, 0.15) is 11.0 Å². The summed E-state index contributed by atoms with van der Waals surface area (Å²) in [5.74, 6) is 0.497. The van der Waals surface area contributed by atoms with Crippen molar-refractivity contribution in [3.63, 3.8) is 0 Å². The number of halogens is 1. The van der Waals surface area contributed by atoms with E-state index in [-0.39, 0.29) is 24.5 Å². The summed E-state index contributed by atoms with van der Waals surface area (Å²) in [5.41, 5.74) is 1.19. The molecule has 1 aliphatic heterocycles. The van der Waals surface area contributed by atoms with E-state index in [1.165, 1.54) is 11.3 Å². The van der Waals surface area contributed by atoms with Gasteiger partial charge in [0.15, 0.2) is 11.5 Å². The van der Waals surface area contributed by atoms with Crippen LogP contribution in [0.15, 0.2) is 42.5 Å². The predicted molar refractivity (Wildman–Crippen MR) is 122 cm³/mol. The van der Waals surface area contributed by atoms with Gasteiger partial charge >= 0.3 is 0 Å². The molecule has 0 saturated carbocycles. The van der Waals surface area contributed by atoms with E-state index in [1.54, 1.807) is 24.3 Å². The number of amides is 2. The van der Waals surface area contributed by atoms with Gasteiger partial charge in [-0.1, -0.05) is 49.3 Å². The molecule has 4 rings (SSSR count). The van der Waals surface area contributed by atoms with Gasteiger partial charge in [-0.05, 0) is 42.3 Å². The van der Waals surface area contributed by atoms with Gasteiger partial charge in [0.05, 0.1) is 0 Å². The first-order valence-electron chi connectivity index (χ1n) is 10.1. The maximum absolute atomic E-state index is 13.0. The van der Waals surface area contributed by atoms with Crippen LogP contribution in [0.5, 0.6) is 11.5 Å². The highest BCUT2D eigenvalue weighted by Gasteiger charge is 2.27. The molecule has 2 N–H and O–H groups in total. The molecule has 0 bridgehead atoms. The molecule has 0 radical (unpaired) electrons. The van der Waals surface area contributed by atoms with Crippen LogP contribution in [-0.4, -0.2) is 34.8 Å². The van der Waals surface area contributed by atoms with Gasteiger partial charge in [-0.2, -0.15) is 0 Å². The lowest BCUT2D eigenvalue weighted by atomic mass is 9.98. The number of hydrogen-bond donors (Lipinski definition) is 2. The van der Waals surface area contributed by atoms with Gasteiger partial charge < -0.3 is 14.8 Å². The van der Waals surface area contributed by atoms with Gasteiger partial charge in [0.2, 0.25) is 17.8 Å². The first-order chi connectivity index (χ1) is 15.4. The van der Waals surface area contributed by atoms with Crippen molar-refractivity contribution >= 4 is 39.9 Å². The van der Waals surface area contributed by atoms with Crippen molar-refractivity contribution in [1.29, 1.82) is 0 Å².